The molecule has 0 aromatic heterocycles. The van der Waals surface area contributed by atoms with Gasteiger partial charge in [-0.05, 0) is 6.42 Å². The van der Waals surface area contributed by atoms with Crippen molar-refractivity contribution < 1.29 is 9.59 Å². The zero-order chi connectivity index (χ0) is 8.27. The van der Waals surface area contributed by atoms with Crippen molar-refractivity contribution in [3.63, 3.8) is 0 Å². The Hall–Kier alpha value is -1.14. The molecule has 1 heterocycles. The van der Waals surface area contributed by atoms with E-state index in [9.17, 15) is 9.59 Å². The predicted octanol–water partition coefficient (Wildman–Crippen LogP) is -2.38. The van der Waals surface area contributed by atoms with Gasteiger partial charge in [-0.3, -0.25) is 20.4 Å². The number of hydrazine groups is 2. The first-order valence-corrected chi connectivity index (χ1v) is 3.29. The van der Waals surface area contributed by atoms with E-state index in [1.165, 1.54) is 0 Å². The van der Waals surface area contributed by atoms with Crippen molar-refractivity contribution >= 4 is 11.8 Å². The number of amides is 2. The molecule has 0 aliphatic carbocycles. The summed E-state index contributed by atoms with van der Waals surface area (Å²) in [6.07, 6.45) is 0.481. The lowest BCUT2D eigenvalue weighted by Gasteiger charge is -2.20. The highest BCUT2D eigenvalue weighted by molar-refractivity contribution is 6.00. The molecular formula is C5H10N4O2. The van der Waals surface area contributed by atoms with Crippen LogP contribution in [-0.4, -0.2) is 18.4 Å². The van der Waals surface area contributed by atoms with Gasteiger partial charge in [-0.25, -0.2) is 11.3 Å². The van der Waals surface area contributed by atoms with Crippen LogP contribution in [0.4, 0.5) is 0 Å². The van der Waals surface area contributed by atoms with Crippen LogP contribution in [0.15, 0.2) is 0 Å². The molecule has 1 aliphatic rings. The molecule has 62 valence electrons. The monoisotopic (exact) mass is 158 g/mol. The highest BCUT2D eigenvalue weighted by Crippen LogP contribution is 2.04. The minimum absolute atomic E-state index is 0.334. The Balaban J connectivity index is 2.54. The Morgan fingerprint density at radius 3 is 3.00 bits per heavy atom. The van der Waals surface area contributed by atoms with E-state index in [4.69, 9.17) is 5.84 Å². The lowest BCUT2D eigenvalue weighted by molar-refractivity contribution is -0.137. The molecule has 0 unspecified atom stereocenters. The van der Waals surface area contributed by atoms with Gasteiger partial charge in [0.05, 0.1) is 0 Å². The first-order valence-electron chi connectivity index (χ1n) is 3.29. The second-order valence-corrected chi connectivity index (χ2v) is 2.27. The van der Waals surface area contributed by atoms with Crippen LogP contribution in [0, 0.1) is 5.92 Å². The third kappa shape index (κ3) is 1.66. The number of rotatable bonds is 1. The molecule has 1 aliphatic heterocycles. The average Bonchev–Trinajstić information content (AvgIpc) is 2.04. The van der Waals surface area contributed by atoms with E-state index in [1.807, 2.05) is 5.43 Å². The summed E-state index contributed by atoms with van der Waals surface area (Å²) < 4.78 is 0. The number of carbonyl (C=O) groups is 2. The van der Waals surface area contributed by atoms with Crippen molar-refractivity contribution in [2.45, 2.75) is 6.42 Å². The van der Waals surface area contributed by atoms with Crippen molar-refractivity contribution in [1.29, 1.82) is 0 Å². The normalized spacial score (nSPS) is 24.1. The molecule has 6 heteroatoms. The topological polar surface area (TPSA) is 96.2 Å². The Bertz CT molecular complexity index is 173. The summed E-state index contributed by atoms with van der Waals surface area (Å²) in [5.74, 6) is 3.44. The van der Waals surface area contributed by atoms with Crippen LogP contribution in [0.1, 0.15) is 6.42 Å². The smallest absolute Gasteiger partial charge is 0.246 e. The Labute approximate surface area is 63.4 Å². The largest absolute Gasteiger partial charge is 0.294 e. The molecule has 1 atom stereocenters. The van der Waals surface area contributed by atoms with E-state index < -0.39 is 11.8 Å². The maximum atomic E-state index is 10.9. The molecular weight excluding hydrogens is 148 g/mol. The third-order valence-corrected chi connectivity index (χ3v) is 1.54. The molecule has 11 heavy (non-hydrogen) atoms. The molecule has 1 fully saturated rings. The number of nitrogens with two attached hydrogens (primary N) is 1. The van der Waals surface area contributed by atoms with E-state index in [0.717, 1.165) is 0 Å². The first kappa shape index (κ1) is 7.96. The molecule has 0 radical (unpaired) electrons. The van der Waals surface area contributed by atoms with Gasteiger partial charge in [-0.1, -0.05) is 0 Å². The quantitative estimate of drug-likeness (QED) is 0.148. The van der Waals surface area contributed by atoms with Crippen molar-refractivity contribution in [2.75, 3.05) is 6.54 Å². The second-order valence-electron chi connectivity index (χ2n) is 2.27. The Kier molecular flexibility index (Phi) is 2.40. The predicted molar refractivity (Wildman–Crippen MR) is 36.6 cm³/mol. The van der Waals surface area contributed by atoms with E-state index in [-0.39, 0.29) is 5.91 Å². The number of nitrogens with one attached hydrogen (secondary N) is 3. The van der Waals surface area contributed by atoms with Gasteiger partial charge in [0.2, 0.25) is 11.8 Å². The van der Waals surface area contributed by atoms with Crippen molar-refractivity contribution in [3.8, 4) is 0 Å². The van der Waals surface area contributed by atoms with Crippen LogP contribution < -0.4 is 22.1 Å². The minimum atomic E-state index is -0.652. The summed E-state index contributed by atoms with van der Waals surface area (Å²) in [6, 6.07) is 0. The number of hydrogen-bond acceptors (Lipinski definition) is 4. The fourth-order valence-electron chi connectivity index (χ4n) is 0.935. The van der Waals surface area contributed by atoms with Gasteiger partial charge in [-0.2, -0.15) is 0 Å². The van der Waals surface area contributed by atoms with Crippen LogP contribution >= 0.6 is 0 Å². The van der Waals surface area contributed by atoms with Crippen LogP contribution in [0.2, 0.25) is 0 Å². The third-order valence-electron chi connectivity index (χ3n) is 1.54. The highest BCUT2D eigenvalue weighted by atomic mass is 16.2. The van der Waals surface area contributed by atoms with Gasteiger partial charge in [0.1, 0.15) is 5.92 Å². The molecule has 0 aromatic rings. The molecule has 0 spiro atoms. The molecule has 0 bridgehead atoms. The summed E-state index contributed by atoms with van der Waals surface area (Å²) in [4.78, 5) is 21.8. The minimum Gasteiger partial charge on any atom is -0.294 e. The van der Waals surface area contributed by atoms with E-state index >= 15 is 0 Å². The van der Waals surface area contributed by atoms with E-state index in [0.29, 0.717) is 13.0 Å². The molecule has 1 rings (SSSR count). The lowest BCUT2D eigenvalue weighted by Crippen LogP contribution is -2.53. The summed E-state index contributed by atoms with van der Waals surface area (Å²) in [5, 5.41) is 0. The zero-order valence-electron chi connectivity index (χ0n) is 5.89. The summed E-state index contributed by atoms with van der Waals surface area (Å²) in [5.41, 5.74) is 6.90. The van der Waals surface area contributed by atoms with Crippen LogP contribution in [-0.2, 0) is 9.59 Å². The molecule has 5 N–H and O–H groups in total. The van der Waals surface area contributed by atoms with Crippen LogP contribution in [0.25, 0.3) is 0 Å². The first-order chi connectivity index (χ1) is 5.25. The van der Waals surface area contributed by atoms with E-state index in [2.05, 4.69) is 10.9 Å². The maximum Gasteiger partial charge on any atom is 0.246 e. The average molecular weight is 158 g/mol. The van der Waals surface area contributed by atoms with Crippen molar-refractivity contribution in [3.05, 3.63) is 0 Å². The van der Waals surface area contributed by atoms with Gasteiger partial charge in [-0.15, -0.1) is 0 Å². The molecule has 6 nitrogen and oxygen atoms in total. The number of hydrogen-bond donors (Lipinski definition) is 4. The molecule has 0 saturated carbocycles. The molecule has 1 saturated heterocycles. The lowest BCUT2D eigenvalue weighted by atomic mass is 10.0. The summed E-state index contributed by atoms with van der Waals surface area (Å²) in [7, 11) is 0. The van der Waals surface area contributed by atoms with Crippen LogP contribution in [0.5, 0.6) is 0 Å². The van der Waals surface area contributed by atoms with Crippen LogP contribution in [0.3, 0.4) is 0 Å². The maximum absolute atomic E-state index is 10.9. The molecule has 0 aromatic carbocycles. The number of carbonyl (C=O) groups excluding carboxylic acids is 2. The fraction of sp³-hybridized carbons (Fsp3) is 0.600. The van der Waals surface area contributed by atoms with Gasteiger partial charge in [0, 0.05) is 6.54 Å². The van der Waals surface area contributed by atoms with Gasteiger partial charge < -0.3 is 0 Å². The zero-order valence-corrected chi connectivity index (χ0v) is 5.89. The van der Waals surface area contributed by atoms with Gasteiger partial charge in [0.25, 0.3) is 0 Å². The van der Waals surface area contributed by atoms with Crippen molar-refractivity contribution in [2.24, 2.45) is 11.8 Å². The van der Waals surface area contributed by atoms with Gasteiger partial charge >= 0.3 is 0 Å². The Morgan fingerprint density at radius 1 is 1.73 bits per heavy atom. The molecule has 2 amide bonds. The summed E-state index contributed by atoms with van der Waals surface area (Å²) >= 11 is 0. The highest BCUT2D eigenvalue weighted by Gasteiger charge is 2.28. The second kappa shape index (κ2) is 3.31. The van der Waals surface area contributed by atoms with Crippen molar-refractivity contribution in [1.82, 2.24) is 16.3 Å². The standard InChI is InChI=1S/C5H10N4O2/c6-8-4(10)3-1-2-7-9-5(3)11/h3,7H,1-2,6H2,(H,8,10)(H,9,11)/t3-/m1/s1. The fourth-order valence-corrected chi connectivity index (χ4v) is 0.935. The SMILES string of the molecule is NNC(=O)[C@H]1CCNNC1=O. The summed E-state index contributed by atoms with van der Waals surface area (Å²) in [6.45, 7) is 0.587. The Morgan fingerprint density at radius 2 is 2.45 bits per heavy atom. The van der Waals surface area contributed by atoms with E-state index in [1.54, 1.807) is 0 Å². The van der Waals surface area contributed by atoms with Gasteiger partial charge in [0.15, 0.2) is 0 Å².